The highest BCUT2D eigenvalue weighted by atomic mass is 35.5. The van der Waals surface area contributed by atoms with E-state index < -0.39 is 6.09 Å². The number of hydrogen-bond acceptors (Lipinski definition) is 6. The Kier molecular flexibility index (Phi) is 7.78. The van der Waals surface area contributed by atoms with Gasteiger partial charge in [0.15, 0.2) is 5.75 Å². The summed E-state index contributed by atoms with van der Waals surface area (Å²) in [6.07, 6.45) is 4.74. The van der Waals surface area contributed by atoms with Crippen molar-refractivity contribution in [1.82, 2.24) is 10.6 Å². The molecule has 0 unspecified atom stereocenters. The number of amides is 2. The van der Waals surface area contributed by atoms with Crippen LogP contribution in [0.4, 0.5) is 4.79 Å². The Morgan fingerprint density at radius 3 is 2.67 bits per heavy atom. The van der Waals surface area contributed by atoms with E-state index in [1.54, 1.807) is 16.7 Å². The number of carboxylic acid groups (broad SMARTS) is 1. The molecule has 1 aromatic carbocycles. The van der Waals surface area contributed by atoms with Crippen LogP contribution in [0.5, 0.6) is 5.75 Å². The summed E-state index contributed by atoms with van der Waals surface area (Å²) in [6, 6.07) is 8.47. The highest BCUT2D eigenvalue weighted by Crippen LogP contribution is 2.44. The molecular weight excluding hydrogens is 480 g/mol. The second kappa shape index (κ2) is 10.8. The van der Waals surface area contributed by atoms with E-state index in [4.69, 9.17) is 16.3 Å². The van der Waals surface area contributed by atoms with Crippen LogP contribution in [0.3, 0.4) is 0 Å². The molecule has 176 valence electrons. The summed E-state index contributed by atoms with van der Waals surface area (Å²) in [5, 5.41) is 21.0. The smallest absolute Gasteiger partial charge is 0.255 e. The molecule has 1 aliphatic rings. The number of carbonyl (C=O) groups excluding carboxylic acids is 2. The van der Waals surface area contributed by atoms with Gasteiger partial charge in [-0.1, -0.05) is 49.1 Å². The van der Waals surface area contributed by atoms with Gasteiger partial charge in [-0.2, -0.15) is 0 Å². The minimum Gasteiger partial charge on any atom is -0.530 e. The van der Waals surface area contributed by atoms with Gasteiger partial charge < -0.3 is 25.3 Å². The number of thiophene rings is 2. The van der Waals surface area contributed by atoms with E-state index in [-0.39, 0.29) is 24.5 Å². The molecule has 33 heavy (non-hydrogen) atoms. The number of nitrogens with one attached hydrogen (secondary N) is 2. The molecule has 2 heterocycles. The zero-order chi connectivity index (χ0) is 23.3. The summed E-state index contributed by atoms with van der Waals surface area (Å²) < 4.78 is 7.41. The first-order valence-corrected chi connectivity index (χ1v) is 13.2. The lowest BCUT2D eigenvalue weighted by molar-refractivity contribution is -0.250. The number of ether oxygens (including phenoxy) is 1. The molecule has 0 radical (unpaired) electrons. The standard InChI is InChI=1S/C24H27ClN2O4S2/c25-21-20(31-12-6-11-26-23(29)30)17(13-33-21)22(28)27-15-24(9-4-1-5-10-24)18-14-32-19-8-3-2-7-16(18)19/h2-3,7-8,13-14,26H,1,4-6,9-12,15H2,(H,27,28)(H,29,30)/p-1. The summed E-state index contributed by atoms with van der Waals surface area (Å²) in [7, 11) is 0. The zero-order valence-electron chi connectivity index (χ0n) is 18.2. The number of carbonyl (C=O) groups is 2. The molecule has 0 saturated heterocycles. The van der Waals surface area contributed by atoms with E-state index in [2.05, 4.69) is 40.3 Å². The number of rotatable bonds is 9. The van der Waals surface area contributed by atoms with Crippen molar-refractivity contribution in [3.8, 4) is 5.75 Å². The second-order valence-corrected chi connectivity index (χ2v) is 10.7. The zero-order valence-corrected chi connectivity index (χ0v) is 20.5. The van der Waals surface area contributed by atoms with Gasteiger partial charge in [-0.3, -0.25) is 4.79 Å². The Hall–Kier alpha value is -2.29. The Morgan fingerprint density at radius 2 is 1.88 bits per heavy atom. The average Bonchev–Trinajstić information content (AvgIpc) is 3.42. The lowest BCUT2D eigenvalue weighted by atomic mass is 9.69. The molecule has 9 heteroatoms. The summed E-state index contributed by atoms with van der Waals surface area (Å²) in [5.41, 5.74) is 1.67. The molecule has 4 rings (SSSR count). The molecule has 0 spiro atoms. The van der Waals surface area contributed by atoms with Gasteiger partial charge in [-0.25, -0.2) is 0 Å². The molecule has 3 aromatic rings. The third-order valence-electron chi connectivity index (χ3n) is 6.24. The van der Waals surface area contributed by atoms with Crippen LogP contribution in [0.1, 0.15) is 54.4 Å². The van der Waals surface area contributed by atoms with Crippen molar-refractivity contribution in [2.75, 3.05) is 19.7 Å². The average molecular weight is 506 g/mol. The Balaban J connectivity index is 1.46. The first-order chi connectivity index (χ1) is 16.0. The molecule has 1 aliphatic carbocycles. The summed E-state index contributed by atoms with van der Waals surface area (Å²) in [6.45, 7) is 1.01. The number of fused-ring (bicyclic) bond motifs is 1. The largest absolute Gasteiger partial charge is 0.530 e. The van der Waals surface area contributed by atoms with Gasteiger partial charge in [0.25, 0.3) is 5.91 Å². The van der Waals surface area contributed by atoms with Gasteiger partial charge in [0, 0.05) is 28.6 Å². The maximum absolute atomic E-state index is 13.1. The highest BCUT2D eigenvalue weighted by molar-refractivity contribution is 7.17. The normalized spacial score (nSPS) is 15.3. The van der Waals surface area contributed by atoms with Crippen LogP contribution < -0.4 is 20.5 Å². The van der Waals surface area contributed by atoms with Crippen molar-refractivity contribution in [2.45, 2.75) is 43.9 Å². The molecule has 2 N–H and O–H groups in total. The van der Waals surface area contributed by atoms with E-state index in [0.717, 1.165) is 25.7 Å². The number of hydrogen-bond donors (Lipinski definition) is 2. The molecule has 0 bridgehead atoms. The molecule has 2 amide bonds. The predicted molar refractivity (Wildman–Crippen MR) is 132 cm³/mol. The molecule has 1 saturated carbocycles. The maximum Gasteiger partial charge on any atom is 0.255 e. The SMILES string of the molecule is O=C([O-])NCCCOc1c(C(=O)NCC2(c3csc4ccccc34)CCCCC2)csc1Cl. The van der Waals surface area contributed by atoms with Gasteiger partial charge in [-0.05, 0) is 41.7 Å². The van der Waals surface area contributed by atoms with E-state index in [1.807, 2.05) is 0 Å². The van der Waals surface area contributed by atoms with Gasteiger partial charge in [0.05, 0.1) is 12.2 Å². The van der Waals surface area contributed by atoms with E-state index in [9.17, 15) is 14.7 Å². The molecule has 0 atom stereocenters. The van der Waals surface area contributed by atoms with Crippen molar-refractivity contribution in [2.24, 2.45) is 0 Å². The molecule has 2 aromatic heterocycles. The van der Waals surface area contributed by atoms with Crippen LogP contribution in [0.15, 0.2) is 35.0 Å². The lowest BCUT2D eigenvalue weighted by Crippen LogP contribution is -2.42. The Bertz CT molecular complexity index is 1120. The van der Waals surface area contributed by atoms with Crippen LogP contribution in [-0.2, 0) is 5.41 Å². The third kappa shape index (κ3) is 5.45. The van der Waals surface area contributed by atoms with Crippen LogP contribution in [0.25, 0.3) is 10.1 Å². The van der Waals surface area contributed by atoms with Gasteiger partial charge >= 0.3 is 0 Å². The van der Waals surface area contributed by atoms with Crippen molar-refractivity contribution in [3.63, 3.8) is 0 Å². The Morgan fingerprint density at radius 1 is 1.09 bits per heavy atom. The van der Waals surface area contributed by atoms with E-state index in [0.29, 0.717) is 28.6 Å². The van der Waals surface area contributed by atoms with Gasteiger partial charge in [-0.15, -0.1) is 22.7 Å². The summed E-state index contributed by atoms with van der Waals surface area (Å²) >= 11 is 9.28. The molecule has 6 nitrogen and oxygen atoms in total. The fourth-order valence-corrected chi connectivity index (χ4v) is 6.64. The van der Waals surface area contributed by atoms with Crippen molar-refractivity contribution >= 4 is 56.4 Å². The number of benzene rings is 1. The molecule has 1 fully saturated rings. The van der Waals surface area contributed by atoms with E-state index >= 15 is 0 Å². The highest BCUT2D eigenvalue weighted by Gasteiger charge is 2.36. The first-order valence-electron chi connectivity index (χ1n) is 11.1. The van der Waals surface area contributed by atoms with Gasteiger partial charge in [0.1, 0.15) is 10.4 Å². The summed E-state index contributed by atoms with van der Waals surface area (Å²) in [5.74, 6) is 0.150. The molecule has 0 aliphatic heterocycles. The van der Waals surface area contributed by atoms with Crippen LogP contribution in [-0.4, -0.2) is 31.7 Å². The Labute approximate surface area is 205 Å². The summed E-state index contributed by atoms with van der Waals surface area (Å²) in [4.78, 5) is 23.6. The van der Waals surface area contributed by atoms with Crippen molar-refractivity contribution < 1.29 is 19.4 Å². The first kappa shape index (κ1) is 23.9. The van der Waals surface area contributed by atoms with E-state index in [1.165, 1.54) is 33.4 Å². The predicted octanol–water partition coefficient (Wildman–Crippen LogP) is 4.95. The third-order valence-corrected chi connectivity index (χ3v) is 8.38. The second-order valence-electron chi connectivity index (χ2n) is 8.34. The van der Waals surface area contributed by atoms with Crippen LogP contribution in [0, 0.1) is 0 Å². The minimum absolute atomic E-state index is 0.0785. The van der Waals surface area contributed by atoms with Crippen molar-refractivity contribution in [1.29, 1.82) is 0 Å². The van der Waals surface area contributed by atoms with Gasteiger partial charge in [0.2, 0.25) is 0 Å². The molecular formula is C24H26ClN2O4S2-. The fourth-order valence-electron chi connectivity index (χ4n) is 4.55. The monoisotopic (exact) mass is 505 g/mol. The topological polar surface area (TPSA) is 90.5 Å². The van der Waals surface area contributed by atoms with Crippen molar-refractivity contribution in [3.05, 3.63) is 50.5 Å². The quantitative estimate of drug-likeness (QED) is 0.402. The lowest BCUT2D eigenvalue weighted by Gasteiger charge is -2.37. The maximum atomic E-state index is 13.1. The number of halogens is 1. The fraction of sp³-hybridized carbons (Fsp3) is 0.417. The van der Waals surface area contributed by atoms with Crippen LogP contribution >= 0.6 is 34.3 Å². The van der Waals surface area contributed by atoms with Crippen LogP contribution in [0.2, 0.25) is 4.34 Å². The minimum atomic E-state index is -1.32.